The number of nitrogens with zero attached hydrogens (tertiary/aromatic N) is 4. The smallest absolute Gasteiger partial charge is 0.370 e. The second-order valence-electron chi connectivity index (χ2n) is 9.53. The van der Waals surface area contributed by atoms with Gasteiger partial charge < -0.3 is 14.7 Å². The molecule has 9 heteroatoms. The highest BCUT2D eigenvalue weighted by molar-refractivity contribution is 8.00. The number of halogens is 3. The molecule has 2 aromatic carbocycles. The van der Waals surface area contributed by atoms with E-state index in [1.807, 2.05) is 4.90 Å². The lowest BCUT2D eigenvalue weighted by Gasteiger charge is -2.36. The Morgan fingerprint density at radius 1 is 0.806 bits per heavy atom. The van der Waals surface area contributed by atoms with E-state index in [1.165, 1.54) is 23.4 Å². The highest BCUT2D eigenvalue weighted by Gasteiger charge is 2.29. The summed E-state index contributed by atoms with van der Waals surface area (Å²) < 4.78 is 37.7. The first kappa shape index (κ1) is 26.7. The fourth-order valence-corrected chi connectivity index (χ4v) is 5.42. The zero-order chi connectivity index (χ0) is 25.5. The number of thioether (sulfide) groups is 1. The SMILES string of the molecule is Cc1ccc(N2CCN(CCCC(=O)N3CCCN(c4ccc(SC(F)(F)F)cc4)CC3)CC2)cc1. The van der Waals surface area contributed by atoms with Crippen molar-refractivity contribution in [2.45, 2.75) is 36.6 Å². The van der Waals surface area contributed by atoms with E-state index in [2.05, 4.69) is 45.9 Å². The zero-order valence-corrected chi connectivity index (χ0v) is 21.7. The van der Waals surface area contributed by atoms with Crippen LogP contribution in [0.3, 0.4) is 0 Å². The number of aryl methyl sites for hydroxylation is 1. The second-order valence-corrected chi connectivity index (χ2v) is 10.7. The summed E-state index contributed by atoms with van der Waals surface area (Å²) in [7, 11) is 0. The first-order chi connectivity index (χ1) is 17.3. The van der Waals surface area contributed by atoms with Crippen molar-refractivity contribution in [2.24, 2.45) is 0 Å². The van der Waals surface area contributed by atoms with Gasteiger partial charge in [0, 0.05) is 75.0 Å². The largest absolute Gasteiger partial charge is 0.446 e. The number of rotatable bonds is 7. The van der Waals surface area contributed by atoms with Gasteiger partial charge in [-0.05, 0) is 74.5 Å². The van der Waals surface area contributed by atoms with Crippen LogP contribution in [0.15, 0.2) is 53.4 Å². The second kappa shape index (κ2) is 12.2. The molecule has 2 saturated heterocycles. The normalized spacial score (nSPS) is 17.8. The van der Waals surface area contributed by atoms with Crippen LogP contribution in [-0.4, -0.2) is 80.1 Å². The molecule has 36 heavy (non-hydrogen) atoms. The highest BCUT2D eigenvalue weighted by Crippen LogP contribution is 2.37. The van der Waals surface area contributed by atoms with Crippen molar-refractivity contribution < 1.29 is 18.0 Å². The van der Waals surface area contributed by atoms with E-state index in [-0.39, 0.29) is 22.6 Å². The van der Waals surface area contributed by atoms with Gasteiger partial charge in [0.15, 0.2) is 0 Å². The molecule has 0 saturated carbocycles. The molecule has 0 atom stereocenters. The Labute approximate surface area is 216 Å². The third-order valence-corrected chi connectivity index (χ3v) is 7.66. The van der Waals surface area contributed by atoms with E-state index in [9.17, 15) is 18.0 Å². The van der Waals surface area contributed by atoms with Gasteiger partial charge >= 0.3 is 5.51 Å². The highest BCUT2D eigenvalue weighted by atomic mass is 32.2. The molecular weight excluding hydrogens is 485 g/mol. The third kappa shape index (κ3) is 7.80. The molecule has 0 aromatic heterocycles. The number of amides is 1. The fourth-order valence-electron chi connectivity index (χ4n) is 4.88. The van der Waals surface area contributed by atoms with Crippen molar-refractivity contribution in [3.63, 3.8) is 0 Å². The van der Waals surface area contributed by atoms with Crippen molar-refractivity contribution in [2.75, 3.05) is 68.7 Å². The third-order valence-electron chi connectivity index (χ3n) is 6.92. The predicted molar refractivity (Wildman–Crippen MR) is 141 cm³/mol. The molecule has 0 spiro atoms. The van der Waals surface area contributed by atoms with E-state index in [0.717, 1.165) is 64.3 Å². The fraction of sp³-hybridized carbons (Fsp3) is 0.519. The van der Waals surface area contributed by atoms with Crippen LogP contribution in [0, 0.1) is 6.92 Å². The molecule has 0 radical (unpaired) electrons. The van der Waals surface area contributed by atoms with Gasteiger partial charge in [0.1, 0.15) is 0 Å². The summed E-state index contributed by atoms with van der Waals surface area (Å²) in [5.41, 5.74) is -0.819. The maximum absolute atomic E-state index is 12.8. The first-order valence-electron chi connectivity index (χ1n) is 12.7. The van der Waals surface area contributed by atoms with E-state index in [1.54, 1.807) is 12.1 Å². The van der Waals surface area contributed by atoms with E-state index >= 15 is 0 Å². The molecule has 0 unspecified atom stereocenters. The molecule has 0 bridgehead atoms. The minimum Gasteiger partial charge on any atom is -0.370 e. The number of carbonyl (C=O) groups is 1. The number of alkyl halides is 3. The van der Waals surface area contributed by atoms with Crippen molar-refractivity contribution in [3.8, 4) is 0 Å². The first-order valence-corrected chi connectivity index (χ1v) is 13.5. The number of piperazine rings is 1. The van der Waals surface area contributed by atoms with Gasteiger partial charge in [-0.1, -0.05) is 17.7 Å². The molecule has 5 nitrogen and oxygen atoms in total. The summed E-state index contributed by atoms with van der Waals surface area (Å²) in [6.45, 7) is 9.95. The van der Waals surface area contributed by atoms with Crippen LogP contribution in [0.5, 0.6) is 0 Å². The molecule has 196 valence electrons. The van der Waals surface area contributed by atoms with Gasteiger partial charge in [-0.15, -0.1) is 0 Å². The average Bonchev–Trinajstić information content (AvgIpc) is 3.11. The number of benzene rings is 2. The van der Waals surface area contributed by atoms with Crippen molar-refractivity contribution in [3.05, 3.63) is 54.1 Å². The summed E-state index contributed by atoms with van der Waals surface area (Å²) in [4.78, 5) is 22.0. The van der Waals surface area contributed by atoms with Crippen LogP contribution in [0.4, 0.5) is 24.5 Å². The molecule has 2 aliphatic heterocycles. The van der Waals surface area contributed by atoms with Gasteiger partial charge in [0.05, 0.1) is 0 Å². The minimum atomic E-state index is -4.28. The summed E-state index contributed by atoms with van der Waals surface area (Å²) in [5, 5.41) is 0. The van der Waals surface area contributed by atoms with Crippen LogP contribution in [0.2, 0.25) is 0 Å². The standard InChI is InChI=1S/C27H35F3N4OS/c1-22-5-7-23(8-6-22)33-18-16-31(17-19-33)13-2-4-26(35)34-15-3-14-32(20-21-34)24-9-11-25(12-10-24)36-27(28,29)30/h5-12H,2-4,13-21H2,1H3. The van der Waals surface area contributed by atoms with Crippen molar-refractivity contribution in [1.82, 2.24) is 9.80 Å². The molecule has 2 aromatic rings. The molecule has 2 fully saturated rings. The van der Waals surface area contributed by atoms with Gasteiger partial charge in [-0.2, -0.15) is 13.2 Å². The molecule has 2 heterocycles. The number of anilines is 2. The van der Waals surface area contributed by atoms with E-state index in [0.29, 0.717) is 19.5 Å². The maximum atomic E-state index is 12.8. The minimum absolute atomic E-state index is 0.0955. The molecule has 0 aliphatic carbocycles. The number of hydrogen-bond donors (Lipinski definition) is 0. The number of hydrogen-bond acceptors (Lipinski definition) is 5. The Hall–Kier alpha value is -2.39. The van der Waals surface area contributed by atoms with Crippen molar-refractivity contribution >= 4 is 29.0 Å². The Balaban J connectivity index is 1.16. The Bertz CT molecular complexity index is 976. The molecule has 1 amide bonds. The Kier molecular flexibility index (Phi) is 9.06. The van der Waals surface area contributed by atoms with Crippen LogP contribution in [0.1, 0.15) is 24.8 Å². The topological polar surface area (TPSA) is 30.0 Å². The molecule has 4 rings (SSSR count). The van der Waals surface area contributed by atoms with E-state index < -0.39 is 5.51 Å². The summed E-state index contributed by atoms with van der Waals surface area (Å²) in [5.74, 6) is 0.201. The zero-order valence-electron chi connectivity index (χ0n) is 20.8. The van der Waals surface area contributed by atoms with Crippen LogP contribution >= 0.6 is 11.8 Å². The van der Waals surface area contributed by atoms with Crippen LogP contribution < -0.4 is 9.80 Å². The van der Waals surface area contributed by atoms with Crippen LogP contribution in [-0.2, 0) is 4.79 Å². The lowest BCUT2D eigenvalue weighted by atomic mass is 10.2. The summed E-state index contributed by atoms with van der Waals surface area (Å²) in [6, 6.07) is 15.2. The Morgan fingerprint density at radius 2 is 1.39 bits per heavy atom. The maximum Gasteiger partial charge on any atom is 0.446 e. The Morgan fingerprint density at radius 3 is 2.03 bits per heavy atom. The number of carbonyl (C=O) groups excluding carboxylic acids is 1. The quantitative estimate of drug-likeness (QED) is 0.466. The molecule has 2 aliphatic rings. The van der Waals surface area contributed by atoms with Gasteiger partial charge in [0.25, 0.3) is 0 Å². The summed E-state index contributed by atoms with van der Waals surface area (Å²) >= 11 is -0.0955. The molecular formula is C27H35F3N4OS. The van der Waals surface area contributed by atoms with Gasteiger partial charge in [-0.3, -0.25) is 9.69 Å². The summed E-state index contributed by atoms with van der Waals surface area (Å²) in [6.07, 6.45) is 2.27. The van der Waals surface area contributed by atoms with E-state index in [4.69, 9.17) is 0 Å². The lowest BCUT2D eigenvalue weighted by Crippen LogP contribution is -2.46. The average molecular weight is 521 g/mol. The monoisotopic (exact) mass is 520 g/mol. The van der Waals surface area contributed by atoms with Gasteiger partial charge in [-0.25, -0.2) is 0 Å². The molecule has 0 N–H and O–H groups in total. The lowest BCUT2D eigenvalue weighted by molar-refractivity contribution is -0.131. The van der Waals surface area contributed by atoms with Gasteiger partial charge in [0.2, 0.25) is 5.91 Å². The van der Waals surface area contributed by atoms with Crippen LogP contribution in [0.25, 0.3) is 0 Å². The van der Waals surface area contributed by atoms with Crippen molar-refractivity contribution in [1.29, 1.82) is 0 Å². The predicted octanol–water partition coefficient (Wildman–Crippen LogP) is 5.25.